The third-order valence-electron chi connectivity index (χ3n) is 6.88. The maximum absolute atomic E-state index is 14.2. The number of nitrogens with zero attached hydrogens (tertiary/aromatic N) is 5. The van der Waals surface area contributed by atoms with Crippen molar-refractivity contribution < 1.29 is 8.78 Å². The van der Waals surface area contributed by atoms with E-state index in [1.165, 1.54) is 0 Å². The fraction of sp³-hybridized carbons (Fsp3) is 0.385. The summed E-state index contributed by atoms with van der Waals surface area (Å²) in [4.78, 5) is 14.8. The van der Waals surface area contributed by atoms with Gasteiger partial charge in [0.1, 0.15) is 0 Å². The summed E-state index contributed by atoms with van der Waals surface area (Å²) in [5.41, 5.74) is 6.89. The fourth-order valence-corrected chi connectivity index (χ4v) is 5.25. The van der Waals surface area contributed by atoms with Gasteiger partial charge in [0, 0.05) is 56.4 Å². The molecular formula is C26H29F2N5O. The minimum atomic E-state index is -2.60. The number of anilines is 2. The third-order valence-corrected chi connectivity index (χ3v) is 6.88. The normalized spacial score (nSPS) is 13.8. The Labute approximate surface area is 197 Å². The smallest absolute Gasteiger partial charge is 0.328 e. The van der Waals surface area contributed by atoms with Gasteiger partial charge < -0.3 is 4.90 Å². The van der Waals surface area contributed by atoms with Crippen molar-refractivity contribution in [1.82, 2.24) is 18.9 Å². The number of alkyl halides is 2. The van der Waals surface area contributed by atoms with Crippen molar-refractivity contribution in [2.24, 2.45) is 21.1 Å². The summed E-state index contributed by atoms with van der Waals surface area (Å²) in [6.45, 7) is 2.85. The molecule has 1 aliphatic heterocycles. The molecule has 0 fully saturated rings. The minimum absolute atomic E-state index is 0.0145. The Balaban J connectivity index is 1.70. The summed E-state index contributed by atoms with van der Waals surface area (Å²) in [7, 11) is 5.37. The van der Waals surface area contributed by atoms with Crippen LogP contribution in [-0.4, -0.2) is 25.5 Å². The van der Waals surface area contributed by atoms with Gasteiger partial charge in [-0.15, -0.1) is 0 Å². The number of benzene rings is 2. The zero-order chi connectivity index (χ0) is 24.1. The van der Waals surface area contributed by atoms with E-state index in [4.69, 9.17) is 0 Å². The number of fused-ring (bicyclic) bond motifs is 2. The van der Waals surface area contributed by atoms with Gasteiger partial charge in [-0.1, -0.05) is 13.3 Å². The molecule has 0 unspecified atom stereocenters. The number of rotatable bonds is 5. The molecule has 0 saturated heterocycles. The summed E-state index contributed by atoms with van der Waals surface area (Å²) < 4.78 is 33.4. The Morgan fingerprint density at radius 3 is 2.56 bits per heavy atom. The monoisotopic (exact) mass is 465 g/mol. The quantitative estimate of drug-likeness (QED) is 0.404. The van der Waals surface area contributed by atoms with Crippen molar-refractivity contribution in [2.75, 3.05) is 11.4 Å². The van der Waals surface area contributed by atoms with Gasteiger partial charge in [-0.3, -0.25) is 13.8 Å². The first-order valence-corrected chi connectivity index (χ1v) is 11.7. The summed E-state index contributed by atoms with van der Waals surface area (Å²) in [5, 5.41) is 4.17. The van der Waals surface area contributed by atoms with Crippen molar-refractivity contribution >= 4 is 22.4 Å². The number of halogens is 2. The van der Waals surface area contributed by atoms with Crippen LogP contribution in [0.15, 0.2) is 41.5 Å². The lowest BCUT2D eigenvalue weighted by Gasteiger charge is -2.33. The summed E-state index contributed by atoms with van der Waals surface area (Å²) in [6.07, 6.45) is 4.34. The number of aryl methyl sites for hydroxylation is 5. The minimum Gasteiger partial charge on any atom is -0.341 e. The average Bonchev–Trinajstić information content (AvgIpc) is 3.35. The van der Waals surface area contributed by atoms with Crippen molar-refractivity contribution in [1.29, 1.82) is 0 Å². The van der Waals surface area contributed by atoms with E-state index < -0.39 is 6.43 Å². The predicted molar refractivity (Wildman–Crippen MR) is 131 cm³/mol. The molecule has 178 valence electrons. The Morgan fingerprint density at radius 1 is 1.09 bits per heavy atom. The van der Waals surface area contributed by atoms with E-state index in [1.807, 2.05) is 12.1 Å². The standard InChI is InChI=1S/C26H29F2N5O/c1-5-7-17-10-19(12-23-24(17)32(4)26(34)31(23)3)33-9-6-8-16-11-20(18-14-29-30(2)15-18)21(25(27)28)13-22(16)33/h10-15,25H,5-9H2,1-4H3. The van der Waals surface area contributed by atoms with Gasteiger partial charge in [0.05, 0.1) is 17.2 Å². The summed E-state index contributed by atoms with van der Waals surface area (Å²) in [5.74, 6) is 0. The molecule has 4 aromatic rings. The molecule has 2 aromatic heterocycles. The first-order chi connectivity index (χ1) is 16.3. The largest absolute Gasteiger partial charge is 0.341 e. The van der Waals surface area contributed by atoms with Crippen LogP contribution in [-0.2, 0) is 34.0 Å². The van der Waals surface area contributed by atoms with Crippen LogP contribution in [0.3, 0.4) is 0 Å². The molecule has 6 nitrogen and oxygen atoms in total. The van der Waals surface area contributed by atoms with Crippen LogP contribution >= 0.6 is 0 Å². The first kappa shape index (κ1) is 22.4. The molecule has 1 aliphatic rings. The van der Waals surface area contributed by atoms with Crippen molar-refractivity contribution in [3.05, 3.63) is 63.8 Å². The molecule has 8 heteroatoms. The molecule has 2 aromatic carbocycles. The Morgan fingerprint density at radius 2 is 1.88 bits per heavy atom. The lowest BCUT2D eigenvalue weighted by Crippen LogP contribution is -2.25. The SMILES string of the molecule is CCCc1cc(N2CCCc3cc(-c4cnn(C)c4)c(C(F)F)cc32)cc2c1n(C)c(=O)n2C. The highest BCUT2D eigenvalue weighted by Crippen LogP contribution is 2.42. The van der Waals surface area contributed by atoms with Gasteiger partial charge in [-0.05, 0) is 60.2 Å². The molecule has 0 spiro atoms. The van der Waals surface area contributed by atoms with Gasteiger partial charge in [0.2, 0.25) is 0 Å². The van der Waals surface area contributed by atoms with E-state index in [2.05, 4.69) is 23.0 Å². The van der Waals surface area contributed by atoms with E-state index in [0.29, 0.717) is 11.1 Å². The second-order valence-corrected chi connectivity index (χ2v) is 9.15. The molecule has 0 atom stereocenters. The van der Waals surface area contributed by atoms with E-state index in [-0.39, 0.29) is 11.3 Å². The van der Waals surface area contributed by atoms with Crippen molar-refractivity contribution in [3.63, 3.8) is 0 Å². The molecule has 3 heterocycles. The number of imidazole rings is 1. The van der Waals surface area contributed by atoms with E-state index in [9.17, 15) is 13.6 Å². The molecule has 0 radical (unpaired) electrons. The molecule has 0 saturated carbocycles. The van der Waals surface area contributed by atoms with Crippen molar-refractivity contribution in [2.45, 2.75) is 39.0 Å². The molecule has 0 N–H and O–H groups in total. The number of hydrogen-bond donors (Lipinski definition) is 0. The number of aromatic nitrogens is 4. The Kier molecular flexibility index (Phi) is 5.54. The van der Waals surface area contributed by atoms with Gasteiger partial charge >= 0.3 is 5.69 Å². The highest BCUT2D eigenvalue weighted by molar-refractivity contribution is 5.86. The second-order valence-electron chi connectivity index (χ2n) is 9.15. The molecule has 0 aliphatic carbocycles. The zero-order valence-electron chi connectivity index (χ0n) is 20.0. The van der Waals surface area contributed by atoms with Crippen molar-refractivity contribution in [3.8, 4) is 11.1 Å². The molecule has 5 rings (SSSR count). The third kappa shape index (κ3) is 3.52. The van der Waals surface area contributed by atoms with Gasteiger partial charge in [-0.2, -0.15) is 5.10 Å². The zero-order valence-corrected chi connectivity index (χ0v) is 20.0. The van der Waals surface area contributed by atoms with E-state index in [0.717, 1.165) is 65.8 Å². The summed E-state index contributed by atoms with van der Waals surface area (Å²) >= 11 is 0. The van der Waals surface area contributed by atoms with Crippen LogP contribution in [0, 0.1) is 0 Å². The molecule has 0 amide bonds. The molecule has 0 bridgehead atoms. The van der Waals surface area contributed by atoms with Crippen LogP contribution in [0.4, 0.5) is 20.2 Å². The fourth-order valence-electron chi connectivity index (χ4n) is 5.25. The highest BCUT2D eigenvalue weighted by Gasteiger charge is 2.26. The van der Waals surface area contributed by atoms with Gasteiger partial charge in [-0.25, -0.2) is 13.6 Å². The molecular weight excluding hydrogens is 436 g/mol. The second kappa shape index (κ2) is 8.42. The summed E-state index contributed by atoms with van der Waals surface area (Å²) in [6, 6.07) is 7.69. The van der Waals surface area contributed by atoms with Gasteiger partial charge in [0.25, 0.3) is 6.43 Å². The predicted octanol–water partition coefficient (Wildman–Crippen LogP) is 5.25. The lowest BCUT2D eigenvalue weighted by atomic mass is 9.92. The van der Waals surface area contributed by atoms with E-state index >= 15 is 0 Å². The lowest BCUT2D eigenvalue weighted by molar-refractivity contribution is 0.152. The van der Waals surface area contributed by atoms with E-state index in [1.54, 1.807) is 53.4 Å². The van der Waals surface area contributed by atoms with Crippen LogP contribution in [0.2, 0.25) is 0 Å². The Hall–Kier alpha value is -3.42. The maximum atomic E-state index is 14.2. The molecule has 34 heavy (non-hydrogen) atoms. The van der Waals surface area contributed by atoms with Crippen LogP contribution in [0.25, 0.3) is 22.2 Å². The first-order valence-electron chi connectivity index (χ1n) is 11.7. The average molecular weight is 466 g/mol. The van der Waals surface area contributed by atoms with Crippen LogP contribution in [0.1, 0.15) is 42.9 Å². The number of hydrogen-bond acceptors (Lipinski definition) is 3. The maximum Gasteiger partial charge on any atom is 0.328 e. The van der Waals surface area contributed by atoms with Crippen LogP contribution in [0.5, 0.6) is 0 Å². The van der Waals surface area contributed by atoms with Gasteiger partial charge in [0.15, 0.2) is 0 Å². The topological polar surface area (TPSA) is 48.0 Å². The Bertz CT molecular complexity index is 1450. The highest BCUT2D eigenvalue weighted by atomic mass is 19.3. The van der Waals surface area contributed by atoms with Crippen LogP contribution < -0.4 is 10.6 Å².